The van der Waals surface area contributed by atoms with Gasteiger partial charge in [-0.1, -0.05) is 12.1 Å². The van der Waals surface area contributed by atoms with Crippen molar-refractivity contribution in [2.75, 3.05) is 30.8 Å². The van der Waals surface area contributed by atoms with Gasteiger partial charge in [-0.05, 0) is 55.7 Å². The Bertz CT molecular complexity index is 1560. The molecule has 0 bridgehead atoms. The standard InChI is InChI=1S/C29H28F4N6O2/c1-3-38-15-23(20-8-9-22(30)21(14-20)29(31,32)33)37-26(38)18-10-12-39(13-11-18)27-24(25(34)35-16-36-27)17-4-6-19(7-5-17)28(40)41-2/h4-9,14-16,18H,3,10-13H2,1-2H3,(H2,34,35,36). The Morgan fingerprint density at radius 1 is 1.07 bits per heavy atom. The number of anilines is 2. The second-order valence-electron chi connectivity index (χ2n) is 9.75. The molecule has 41 heavy (non-hydrogen) atoms. The fraction of sp³-hybridized carbons (Fsp3) is 0.310. The number of nitrogens with zero attached hydrogens (tertiary/aromatic N) is 5. The number of piperidine rings is 1. The molecule has 1 saturated heterocycles. The molecule has 2 aromatic carbocycles. The zero-order valence-electron chi connectivity index (χ0n) is 22.5. The Morgan fingerprint density at radius 2 is 1.76 bits per heavy atom. The molecule has 12 heteroatoms. The van der Waals surface area contributed by atoms with Crippen molar-refractivity contribution in [1.82, 2.24) is 19.5 Å². The molecule has 0 radical (unpaired) electrons. The van der Waals surface area contributed by atoms with Gasteiger partial charge in [0, 0.05) is 37.3 Å². The highest BCUT2D eigenvalue weighted by molar-refractivity contribution is 5.91. The van der Waals surface area contributed by atoms with Crippen molar-refractivity contribution in [2.45, 2.75) is 38.4 Å². The quantitative estimate of drug-likeness (QED) is 0.227. The van der Waals surface area contributed by atoms with Crippen LogP contribution in [0, 0.1) is 5.82 Å². The number of ether oxygens (including phenoxy) is 1. The molecule has 2 aromatic heterocycles. The van der Waals surface area contributed by atoms with Gasteiger partial charge in [0.05, 0.1) is 29.5 Å². The highest BCUT2D eigenvalue weighted by atomic mass is 19.4. The summed E-state index contributed by atoms with van der Waals surface area (Å²) in [5.41, 5.74) is 7.38. The van der Waals surface area contributed by atoms with Crippen molar-refractivity contribution < 1.29 is 27.1 Å². The summed E-state index contributed by atoms with van der Waals surface area (Å²) in [5.74, 6) is 0.0714. The molecule has 214 valence electrons. The number of methoxy groups -OCH3 is 1. The summed E-state index contributed by atoms with van der Waals surface area (Å²) in [5, 5.41) is 0. The van der Waals surface area contributed by atoms with Crippen molar-refractivity contribution in [3.8, 4) is 22.4 Å². The van der Waals surface area contributed by atoms with E-state index in [9.17, 15) is 22.4 Å². The number of aromatic nitrogens is 4. The van der Waals surface area contributed by atoms with Crippen LogP contribution in [0.2, 0.25) is 0 Å². The molecular formula is C29H28F4N6O2. The van der Waals surface area contributed by atoms with Gasteiger partial charge in [-0.15, -0.1) is 0 Å². The lowest BCUT2D eigenvalue weighted by Gasteiger charge is -2.33. The number of carbonyl (C=O) groups is 1. The van der Waals surface area contributed by atoms with Crippen LogP contribution in [0.1, 0.15) is 47.4 Å². The summed E-state index contributed by atoms with van der Waals surface area (Å²) < 4.78 is 60.4. The first-order chi connectivity index (χ1) is 19.6. The minimum absolute atomic E-state index is 0.0597. The number of carbonyl (C=O) groups excluding carboxylic acids is 1. The van der Waals surface area contributed by atoms with Crippen LogP contribution >= 0.6 is 0 Å². The van der Waals surface area contributed by atoms with Gasteiger partial charge >= 0.3 is 12.1 Å². The molecule has 8 nitrogen and oxygen atoms in total. The van der Waals surface area contributed by atoms with Crippen LogP contribution in [0.5, 0.6) is 0 Å². The van der Waals surface area contributed by atoms with E-state index in [1.165, 1.54) is 19.5 Å². The van der Waals surface area contributed by atoms with E-state index >= 15 is 0 Å². The van der Waals surface area contributed by atoms with Crippen LogP contribution in [0.15, 0.2) is 55.0 Å². The highest BCUT2D eigenvalue weighted by Gasteiger charge is 2.35. The van der Waals surface area contributed by atoms with Crippen LogP contribution in [-0.4, -0.2) is 45.7 Å². The molecule has 4 aromatic rings. The van der Waals surface area contributed by atoms with E-state index in [1.54, 1.807) is 30.5 Å². The van der Waals surface area contributed by atoms with Crippen LogP contribution in [-0.2, 0) is 17.5 Å². The lowest BCUT2D eigenvalue weighted by molar-refractivity contribution is -0.139. The lowest BCUT2D eigenvalue weighted by Crippen LogP contribution is -2.34. The summed E-state index contributed by atoms with van der Waals surface area (Å²) in [6, 6.07) is 9.82. The number of nitrogens with two attached hydrogens (primary N) is 1. The van der Waals surface area contributed by atoms with Crippen molar-refractivity contribution in [3.05, 3.63) is 77.8 Å². The zero-order valence-corrected chi connectivity index (χ0v) is 22.5. The number of alkyl halides is 3. The minimum atomic E-state index is -4.80. The number of aryl methyl sites for hydroxylation is 1. The van der Waals surface area contributed by atoms with Crippen molar-refractivity contribution in [1.29, 1.82) is 0 Å². The molecule has 3 heterocycles. The molecule has 0 atom stereocenters. The largest absolute Gasteiger partial charge is 0.465 e. The summed E-state index contributed by atoms with van der Waals surface area (Å²) in [4.78, 5) is 27.4. The molecule has 0 unspecified atom stereocenters. The third kappa shape index (κ3) is 5.59. The van der Waals surface area contributed by atoms with E-state index in [-0.39, 0.29) is 11.5 Å². The van der Waals surface area contributed by atoms with Crippen LogP contribution in [0.3, 0.4) is 0 Å². The van der Waals surface area contributed by atoms with Gasteiger partial charge in [0.25, 0.3) is 0 Å². The first-order valence-electron chi connectivity index (χ1n) is 13.1. The fourth-order valence-electron chi connectivity index (χ4n) is 5.20. The molecule has 1 aliphatic rings. The van der Waals surface area contributed by atoms with Gasteiger partial charge in [0.2, 0.25) is 0 Å². The van der Waals surface area contributed by atoms with E-state index in [4.69, 9.17) is 15.5 Å². The molecular weight excluding hydrogens is 540 g/mol. The average Bonchev–Trinajstić information content (AvgIpc) is 3.41. The molecule has 5 rings (SSSR count). The fourth-order valence-corrected chi connectivity index (χ4v) is 5.20. The number of benzene rings is 2. The second-order valence-corrected chi connectivity index (χ2v) is 9.75. The second kappa shape index (κ2) is 11.2. The number of rotatable bonds is 6. The SMILES string of the molecule is CCn1cc(-c2ccc(F)c(C(F)(F)F)c2)nc1C1CCN(c2ncnc(N)c2-c2ccc(C(=O)OC)cc2)CC1. The lowest BCUT2D eigenvalue weighted by atomic mass is 9.95. The van der Waals surface area contributed by atoms with E-state index in [2.05, 4.69) is 14.9 Å². The molecule has 2 N–H and O–H groups in total. The third-order valence-electron chi connectivity index (χ3n) is 7.33. The van der Waals surface area contributed by atoms with Crippen molar-refractivity contribution in [3.63, 3.8) is 0 Å². The van der Waals surface area contributed by atoms with Crippen LogP contribution < -0.4 is 10.6 Å². The van der Waals surface area contributed by atoms with E-state index in [0.29, 0.717) is 48.1 Å². The van der Waals surface area contributed by atoms with Gasteiger partial charge in [0.1, 0.15) is 29.6 Å². The minimum Gasteiger partial charge on any atom is -0.465 e. The maximum Gasteiger partial charge on any atom is 0.419 e. The maximum absolute atomic E-state index is 13.8. The molecule has 1 fully saturated rings. The van der Waals surface area contributed by atoms with Crippen LogP contribution in [0.4, 0.5) is 29.2 Å². The normalized spacial score (nSPS) is 14.3. The van der Waals surface area contributed by atoms with Crippen molar-refractivity contribution >= 4 is 17.6 Å². The number of nitrogen functional groups attached to an aromatic ring is 1. The Hall–Kier alpha value is -4.48. The number of hydrogen-bond donors (Lipinski definition) is 1. The number of hydrogen-bond acceptors (Lipinski definition) is 7. The first-order valence-corrected chi connectivity index (χ1v) is 13.1. The molecule has 1 aliphatic heterocycles. The smallest absolute Gasteiger partial charge is 0.419 e. The summed E-state index contributed by atoms with van der Waals surface area (Å²) in [7, 11) is 1.32. The Kier molecular flexibility index (Phi) is 7.65. The Labute approximate surface area is 233 Å². The van der Waals surface area contributed by atoms with Gasteiger partial charge in [0.15, 0.2) is 0 Å². The summed E-state index contributed by atoms with van der Waals surface area (Å²) >= 11 is 0. The molecule has 0 amide bonds. The van der Waals surface area contributed by atoms with Gasteiger partial charge in [-0.25, -0.2) is 24.1 Å². The predicted octanol–water partition coefficient (Wildman–Crippen LogP) is 5.94. The summed E-state index contributed by atoms with van der Waals surface area (Å²) in [6.45, 7) is 3.80. The number of imidazole rings is 1. The number of esters is 1. The van der Waals surface area contributed by atoms with E-state index in [0.717, 1.165) is 36.4 Å². The summed E-state index contributed by atoms with van der Waals surface area (Å²) in [6.07, 6.45) is -0.223. The predicted molar refractivity (Wildman–Crippen MR) is 146 cm³/mol. The van der Waals surface area contributed by atoms with E-state index < -0.39 is 23.5 Å². The van der Waals surface area contributed by atoms with Crippen molar-refractivity contribution in [2.24, 2.45) is 0 Å². The molecule has 0 saturated carbocycles. The van der Waals surface area contributed by atoms with Gasteiger partial charge in [-0.3, -0.25) is 0 Å². The molecule has 0 aliphatic carbocycles. The van der Waals surface area contributed by atoms with Crippen LogP contribution in [0.25, 0.3) is 22.4 Å². The average molecular weight is 569 g/mol. The maximum atomic E-state index is 13.8. The van der Waals surface area contributed by atoms with Gasteiger partial charge < -0.3 is 19.9 Å². The first kappa shape index (κ1) is 28.1. The third-order valence-corrected chi connectivity index (χ3v) is 7.33. The number of halogens is 4. The Morgan fingerprint density at radius 3 is 2.39 bits per heavy atom. The molecule has 0 spiro atoms. The topological polar surface area (TPSA) is 99.2 Å². The Balaban J connectivity index is 1.37. The van der Waals surface area contributed by atoms with Gasteiger partial charge in [-0.2, -0.15) is 13.2 Å². The zero-order chi connectivity index (χ0) is 29.3. The monoisotopic (exact) mass is 568 g/mol. The highest BCUT2D eigenvalue weighted by Crippen LogP contribution is 2.38. The van der Waals surface area contributed by atoms with E-state index in [1.807, 2.05) is 11.5 Å².